The van der Waals surface area contributed by atoms with Crippen molar-refractivity contribution < 1.29 is 19.1 Å². The topological polar surface area (TPSA) is 84.5 Å². The number of hydrogen-bond acceptors (Lipinski definition) is 4. The molecule has 0 fully saturated rings. The van der Waals surface area contributed by atoms with Gasteiger partial charge in [0, 0.05) is 5.69 Å². The fourth-order valence-corrected chi connectivity index (χ4v) is 2.20. The van der Waals surface area contributed by atoms with Crippen LogP contribution in [0.25, 0.3) is 0 Å². The number of benzene rings is 2. The molecule has 0 atom stereocenters. The first-order valence-electron chi connectivity index (χ1n) is 7.82. The number of ether oxygens (including phenoxy) is 1. The van der Waals surface area contributed by atoms with E-state index >= 15 is 0 Å². The van der Waals surface area contributed by atoms with E-state index in [0.29, 0.717) is 11.6 Å². The Labute approximate surface area is 146 Å². The first-order chi connectivity index (χ1) is 11.9. The molecule has 130 valence electrons. The normalized spacial score (nSPS) is 10.2. The number of hydrogen-bond donors (Lipinski definition) is 2. The highest BCUT2D eigenvalue weighted by Crippen LogP contribution is 2.18. The second kappa shape index (κ2) is 8.10. The van der Waals surface area contributed by atoms with E-state index in [1.807, 2.05) is 12.1 Å². The van der Waals surface area contributed by atoms with Gasteiger partial charge in [-0.15, -0.1) is 0 Å². The minimum absolute atomic E-state index is 0.174. The molecular weight excluding hydrogens is 320 g/mol. The summed E-state index contributed by atoms with van der Waals surface area (Å²) < 4.78 is 4.65. The first kappa shape index (κ1) is 18.2. The van der Waals surface area contributed by atoms with Crippen molar-refractivity contribution in [3.63, 3.8) is 0 Å². The van der Waals surface area contributed by atoms with Crippen LogP contribution in [0.4, 0.5) is 11.4 Å². The summed E-state index contributed by atoms with van der Waals surface area (Å²) in [7, 11) is 1.24. The third kappa shape index (κ3) is 4.67. The monoisotopic (exact) mass is 340 g/mol. The van der Waals surface area contributed by atoms with E-state index in [9.17, 15) is 14.4 Å². The lowest BCUT2D eigenvalue weighted by Crippen LogP contribution is -2.29. The molecule has 0 heterocycles. The van der Waals surface area contributed by atoms with Crippen molar-refractivity contribution >= 4 is 29.2 Å². The van der Waals surface area contributed by atoms with Crippen LogP contribution in [0.15, 0.2) is 48.5 Å². The summed E-state index contributed by atoms with van der Waals surface area (Å²) in [5, 5.41) is 4.95. The van der Waals surface area contributed by atoms with Crippen LogP contribution in [-0.4, -0.2) is 24.9 Å². The van der Waals surface area contributed by atoms with E-state index in [0.717, 1.165) is 5.56 Å². The third-order valence-electron chi connectivity index (χ3n) is 3.62. The summed E-state index contributed by atoms with van der Waals surface area (Å²) in [6.45, 7) is 4.14. The van der Waals surface area contributed by atoms with Gasteiger partial charge in [0.2, 0.25) is 0 Å². The first-order valence-corrected chi connectivity index (χ1v) is 7.82. The van der Waals surface area contributed by atoms with E-state index in [-0.39, 0.29) is 11.3 Å². The van der Waals surface area contributed by atoms with Gasteiger partial charge in [-0.1, -0.05) is 38.1 Å². The third-order valence-corrected chi connectivity index (χ3v) is 3.62. The molecule has 2 N–H and O–H groups in total. The Morgan fingerprint density at radius 3 is 2.08 bits per heavy atom. The zero-order valence-corrected chi connectivity index (χ0v) is 14.3. The van der Waals surface area contributed by atoms with Gasteiger partial charge in [0.25, 0.3) is 0 Å². The van der Waals surface area contributed by atoms with Crippen LogP contribution in [-0.2, 0) is 14.3 Å². The van der Waals surface area contributed by atoms with E-state index < -0.39 is 17.8 Å². The van der Waals surface area contributed by atoms with Crippen LogP contribution in [0.1, 0.15) is 35.7 Å². The standard InChI is InChI=1S/C19H20N2O4/c1-12(2)13-8-10-14(11-9-13)20-17(22)18(23)21-16-7-5-4-6-15(16)19(24)25-3/h4-12H,1-3H3,(H,20,22)(H,21,23). The van der Waals surface area contributed by atoms with Gasteiger partial charge >= 0.3 is 17.8 Å². The van der Waals surface area contributed by atoms with Gasteiger partial charge in [-0.3, -0.25) is 9.59 Å². The Balaban J connectivity index is 2.06. The van der Waals surface area contributed by atoms with E-state index in [1.165, 1.54) is 19.2 Å². The van der Waals surface area contributed by atoms with Crippen molar-refractivity contribution in [2.24, 2.45) is 0 Å². The molecule has 0 saturated carbocycles. The number of para-hydroxylation sites is 1. The molecule has 2 rings (SSSR count). The second-order valence-corrected chi connectivity index (χ2v) is 5.72. The lowest BCUT2D eigenvalue weighted by atomic mass is 10.0. The predicted molar refractivity (Wildman–Crippen MR) is 95.6 cm³/mol. The molecule has 0 spiro atoms. The molecule has 0 aliphatic heterocycles. The molecule has 0 unspecified atom stereocenters. The number of carbonyl (C=O) groups is 3. The molecule has 6 heteroatoms. The highest BCUT2D eigenvalue weighted by molar-refractivity contribution is 6.43. The molecule has 6 nitrogen and oxygen atoms in total. The van der Waals surface area contributed by atoms with Crippen molar-refractivity contribution in [1.82, 2.24) is 0 Å². The summed E-state index contributed by atoms with van der Waals surface area (Å²) in [5.41, 5.74) is 2.04. The fraction of sp³-hybridized carbons (Fsp3) is 0.211. The van der Waals surface area contributed by atoms with Crippen LogP contribution in [0.3, 0.4) is 0 Å². The minimum atomic E-state index is -0.871. The van der Waals surface area contributed by atoms with Gasteiger partial charge in [-0.25, -0.2) is 4.79 Å². The predicted octanol–water partition coefficient (Wildman–Crippen LogP) is 3.17. The number of methoxy groups -OCH3 is 1. The van der Waals surface area contributed by atoms with Gasteiger partial charge in [0.05, 0.1) is 18.4 Å². The summed E-state index contributed by atoms with van der Waals surface area (Å²) >= 11 is 0. The molecule has 0 aliphatic rings. The van der Waals surface area contributed by atoms with Crippen LogP contribution in [0, 0.1) is 0 Å². The quantitative estimate of drug-likeness (QED) is 0.661. The van der Waals surface area contributed by atoms with E-state index in [2.05, 4.69) is 29.2 Å². The molecule has 2 amide bonds. The number of esters is 1. The molecule has 0 radical (unpaired) electrons. The highest BCUT2D eigenvalue weighted by Gasteiger charge is 2.18. The number of amides is 2. The molecule has 0 aliphatic carbocycles. The molecule has 0 aromatic heterocycles. The van der Waals surface area contributed by atoms with Crippen molar-refractivity contribution in [2.75, 3.05) is 17.7 Å². The van der Waals surface area contributed by atoms with E-state index in [4.69, 9.17) is 0 Å². The van der Waals surface area contributed by atoms with Crippen LogP contribution >= 0.6 is 0 Å². The van der Waals surface area contributed by atoms with Crippen LogP contribution in [0.5, 0.6) is 0 Å². The highest BCUT2D eigenvalue weighted by atomic mass is 16.5. The summed E-state index contributed by atoms with van der Waals surface area (Å²) in [6.07, 6.45) is 0. The van der Waals surface area contributed by atoms with Gasteiger partial charge in [0.15, 0.2) is 0 Å². The van der Waals surface area contributed by atoms with E-state index in [1.54, 1.807) is 24.3 Å². The molecule has 2 aromatic carbocycles. The Morgan fingerprint density at radius 1 is 0.880 bits per heavy atom. The summed E-state index contributed by atoms with van der Waals surface area (Å²) in [5.74, 6) is -1.91. The Kier molecular flexibility index (Phi) is 5.89. The number of carbonyl (C=O) groups excluding carboxylic acids is 3. The number of anilines is 2. The fourth-order valence-electron chi connectivity index (χ4n) is 2.20. The van der Waals surface area contributed by atoms with Crippen LogP contribution < -0.4 is 10.6 Å². The Bertz CT molecular complexity index is 782. The van der Waals surface area contributed by atoms with Gasteiger partial charge < -0.3 is 15.4 Å². The van der Waals surface area contributed by atoms with Crippen molar-refractivity contribution in [2.45, 2.75) is 19.8 Å². The van der Waals surface area contributed by atoms with Crippen molar-refractivity contribution in [3.8, 4) is 0 Å². The maximum absolute atomic E-state index is 12.1. The maximum atomic E-state index is 12.1. The van der Waals surface area contributed by atoms with Crippen LogP contribution in [0.2, 0.25) is 0 Å². The van der Waals surface area contributed by atoms with Gasteiger partial charge in [-0.2, -0.15) is 0 Å². The Morgan fingerprint density at radius 2 is 1.48 bits per heavy atom. The van der Waals surface area contributed by atoms with Crippen molar-refractivity contribution in [3.05, 3.63) is 59.7 Å². The van der Waals surface area contributed by atoms with Gasteiger partial charge in [-0.05, 0) is 35.7 Å². The largest absolute Gasteiger partial charge is 0.465 e. The lowest BCUT2D eigenvalue weighted by molar-refractivity contribution is -0.133. The molecule has 2 aromatic rings. The zero-order chi connectivity index (χ0) is 18.4. The van der Waals surface area contributed by atoms with Crippen molar-refractivity contribution in [1.29, 1.82) is 0 Å². The second-order valence-electron chi connectivity index (χ2n) is 5.72. The van der Waals surface area contributed by atoms with Gasteiger partial charge in [0.1, 0.15) is 0 Å². The smallest absolute Gasteiger partial charge is 0.339 e. The molecule has 25 heavy (non-hydrogen) atoms. The summed E-state index contributed by atoms with van der Waals surface area (Å²) in [6, 6.07) is 13.6. The molecular formula is C19H20N2O4. The SMILES string of the molecule is COC(=O)c1ccccc1NC(=O)C(=O)Nc1ccc(C(C)C)cc1. The average molecular weight is 340 g/mol. The Hall–Kier alpha value is -3.15. The number of rotatable bonds is 4. The zero-order valence-electron chi connectivity index (χ0n) is 14.3. The molecule has 0 bridgehead atoms. The number of nitrogens with one attached hydrogen (secondary N) is 2. The lowest BCUT2D eigenvalue weighted by Gasteiger charge is -2.10. The maximum Gasteiger partial charge on any atom is 0.339 e. The minimum Gasteiger partial charge on any atom is -0.465 e. The summed E-state index contributed by atoms with van der Waals surface area (Å²) in [4.78, 5) is 35.8. The average Bonchev–Trinajstić information content (AvgIpc) is 2.61. The molecule has 0 saturated heterocycles.